The minimum Gasteiger partial charge on any atom is -0.490 e. The van der Waals surface area contributed by atoms with Crippen molar-refractivity contribution in [2.24, 2.45) is 5.92 Å². The minimum absolute atomic E-state index is 0.0697. The molecule has 18 heavy (non-hydrogen) atoms. The Morgan fingerprint density at radius 2 is 1.94 bits per heavy atom. The summed E-state index contributed by atoms with van der Waals surface area (Å²) >= 11 is 0. The molecule has 0 aliphatic heterocycles. The summed E-state index contributed by atoms with van der Waals surface area (Å²) in [5.74, 6) is 1.28. The first-order chi connectivity index (χ1) is 8.66. The van der Waals surface area contributed by atoms with Crippen LogP contribution in [-0.4, -0.2) is 12.3 Å². The zero-order valence-corrected chi connectivity index (χ0v) is 10.9. The Morgan fingerprint density at radius 3 is 2.61 bits per heavy atom. The first kappa shape index (κ1) is 13.1. The van der Waals surface area contributed by atoms with Crippen molar-refractivity contribution >= 4 is 0 Å². The van der Waals surface area contributed by atoms with Gasteiger partial charge in [-0.3, -0.25) is 0 Å². The van der Waals surface area contributed by atoms with Gasteiger partial charge < -0.3 is 4.74 Å². The lowest BCUT2D eigenvalue weighted by Crippen LogP contribution is -2.24. The van der Waals surface area contributed by atoms with Crippen molar-refractivity contribution in [1.29, 1.82) is 0 Å². The lowest BCUT2D eigenvalue weighted by Gasteiger charge is -2.17. The van der Waals surface area contributed by atoms with Gasteiger partial charge in [-0.2, -0.15) is 0 Å². The number of benzene rings is 1. The highest BCUT2D eigenvalue weighted by Gasteiger charge is 2.22. The molecule has 1 atom stereocenters. The normalized spacial score (nSPS) is 20.1. The first-order valence-electron chi connectivity index (χ1n) is 6.72. The van der Waals surface area contributed by atoms with E-state index in [4.69, 9.17) is 4.74 Å². The second-order valence-electron chi connectivity index (χ2n) is 5.28. The summed E-state index contributed by atoms with van der Waals surface area (Å²) in [7, 11) is 0. The summed E-state index contributed by atoms with van der Waals surface area (Å²) in [5, 5.41) is 0. The van der Waals surface area contributed by atoms with Gasteiger partial charge in [-0.25, -0.2) is 4.39 Å². The molecular formula is C16H21FO. The van der Waals surface area contributed by atoms with Gasteiger partial charge >= 0.3 is 0 Å². The highest BCUT2D eigenvalue weighted by molar-refractivity contribution is 5.21. The Balaban J connectivity index is 1.83. The van der Waals surface area contributed by atoms with Crippen LogP contribution in [0, 0.1) is 5.92 Å². The maximum atomic E-state index is 14.2. The van der Waals surface area contributed by atoms with Gasteiger partial charge in [-0.15, -0.1) is 0 Å². The summed E-state index contributed by atoms with van der Waals surface area (Å²) in [6.07, 6.45) is 8.66. The predicted molar refractivity (Wildman–Crippen MR) is 72.5 cm³/mol. The first-order valence-corrected chi connectivity index (χ1v) is 6.72. The molecule has 1 aliphatic carbocycles. The van der Waals surface area contributed by atoms with Crippen LogP contribution in [0.5, 0.6) is 5.75 Å². The summed E-state index contributed by atoms with van der Waals surface area (Å²) in [6.45, 7) is 1.64. The van der Waals surface area contributed by atoms with Crippen LogP contribution in [0.3, 0.4) is 0 Å². The van der Waals surface area contributed by atoms with Crippen molar-refractivity contribution in [2.75, 3.05) is 6.61 Å². The molecule has 0 spiro atoms. The third-order valence-corrected chi connectivity index (χ3v) is 3.38. The Bertz CT molecular complexity index is 377. The van der Waals surface area contributed by atoms with E-state index in [1.807, 2.05) is 36.4 Å². The number of para-hydroxylation sites is 1. The third kappa shape index (κ3) is 4.17. The van der Waals surface area contributed by atoms with E-state index in [1.165, 1.54) is 25.7 Å². The van der Waals surface area contributed by atoms with Crippen LogP contribution >= 0.6 is 0 Å². The van der Waals surface area contributed by atoms with Crippen LogP contribution in [0.1, 0.15) is 32.6 Å². The molecule has 0 amide bonds. The van der Waals surface area contributed by atoms with Crippen molar-refractivity contribution in [2.45, 2.75) is 38.3 Å². The number of alkyl halides is 1. The number of ether oxygens (including phenoxy) is 1. The standard InChI is InChI=1S/C16H21FO/c1-16(17,12-11-14-7-5-6-8-14)13-18-15-9-3-2-4-10-15/h2-4,9-12,14H,5-8,13H2,1H3/b12-11+. The van der Waals surface area contributed by atoms with Crippen molar-refractivity contribution in [3.63, 3.8) is 0 Å². The average Bonchev–Trinajstić information content (AvgIpc) is 2.89. The Labute approximate surface area is 109 Å². The molecule has 0 aromatic heterocycles. The monoisotopic (exact) mass is 248 g/mol. The molecule has 0 bridgehead atoms. The van der Waals surface area contributed by atoms with E-state index in [1.54, 1.807) is 13.0 Å². The van der Waals surface area contributed by atoms with E-state index in [-0.39, 0.29) is 6.61 Å². The van der Waals surface area contributed by atoms with Crippen LogP contribution in [0.15, 0.2) is 42.5 Å². The molecule has 1 aliphatic rings. The fourth-order valence-corrected chi connectivity index (χ4v) is 2.28. The van der Waals surface area contributed by atoms with Crippen LogP contribution in [0.2, 0.25) is 0 Å². The zero-order valence-electron chi connectivity index (χ0n) is 10.9. The second kappa shape index (κ2) is 6.03. The van der Waals surface area contributed by atoms with Gasteiger partial charge in [-0.05, 0) is 43.9 Å². The fraction of sp³-hybridized carbons (Fsp3) is 0.500. The smallest absolute Gasteiger partial charge is 0.160 e. The van der Waals surface area contributed by atoms with Gasteiger partial charge in [0, 0.05) is 0 Å². The summed E-state index contributed by atoms with van der Waals surface area (Å²) in [5.41, 5.74) is -1.39. The van der Waals surface area contributed by atoms with E-state index < -0.39 is 5.67 Å². The fourth-order valence-electron chi connectivity index (χ4n) is 2.28. The largest absolute Gasteiger partial charge is 0.490 e. The molecule has 2 heteroatoms. The molecule has 1 nitrogen and oxygen atoms in total. The van der Waals surface area contributed by atoms with E-state index in [0.717, 1.165) is 5.75 Å². The van der Waals surface area contributed by atoms with Crippen molar-refractivity contribution in [1.82, 2.24) is 0 Å². The molecule has 0 heterocycles. The molecule has 0 saturated heterocycles. The number of rotatable bonds is 5. The minimum atomic E-state index is -1.39. The van der Waals surface area contributed by atoms with Crippen LogP contribution in [0.4, 0.5) is 4.39 Å². The molecule has 1 aromatic carbocycles. The lowest BCUT2D eigenvalue weighted by molar-refractivity contribution is 0.146. The van der Waals surface area contributed by atoms with E-state index in [2.05, 4.69) is 0 Å². The van der Waals surface area contributed by atoms with Crippen molar-refractivity contribution in [3.8, 4) is 5.75 Å². The van der Waals surface area contributed by atoms with Crippen molar-refractivity contribution in [3.05, 3.63) is 42.5 Å². The topological polar surface area (TPSA) is 9.23 Å². The zero-order chi connectivity index (χ0) is 12.8. The highest BCUT2D eigenvalue weighted by Crippen LogP contribution is 2.27. The van der Waals surface area contributed by atoms with E-state index >= 15 is 0 Å². The number of hydrogen-bond acceptors (Lipinski definition) is 1. The highest BCUT2D eigenvalue weighted by atomic mass is 19.1. The lowest BCUT2D eigenvalue weighted by atomic mass is 10.0. The predicted octanol–water partition coefficient (Wildman–Crippen LogP) is 4.54. The number of halogens is 1. The maximum Gasteiger partial charge on any atom is 0.160 e. The van der Waals surface area contributed by atoms with Gasteiger partial charge in [0.05, 0.1) is 0 Å². The molecule has 1 aromatic rings. The van der Waals surface area contributed by atoms with Gasteiger partial charge in [0.1, 0.15) is 12.4 Å². The summed E-state index contributed by atoms with van der Waals surface area (Å²) in [6, 6.07) is 9.38. The van der Waals surface area contributed by atoms with E-state index in [0.29, 0.717) is 5.92 Å². The molecule has 1 fully saturated rings. The van der Waals surface area contributed by atoms with Gasteiger partial charge in [0.25, 0.3) is 0 Å². The SMILES string of the molecule is CC(F)(/C=C/C1CCCC1)COc1ccccc1. The molecular weight excluding hydrogens is 227 g/mol. The van der Waals surface area contributed by atoms with Crippen LogP contribution in [-0.2, 0) is 0 Å². The average molecular weight is 248 g/mol. The molecule has 0 radical (unpaired) electrons. The Morgan fingerprint density at radius 1 is 1.28 bits per heavy atom. The Hall–Kier alpha value is -1.31. The van der Waals surface area contributed by atoms with Gasteiger partial charge in [0.2, 0.25) is 0 Å². The maximum absolute atomic E-state index is 14.2. The molecule has 0 N–H and O–H groups in total. The Kier molecular flexibility index (Phi) is 4.40. The quantitative estimate of drug-likeness (QED) is 0.695. The molecule has 1 saturated carbocycles. The summed E-state index contributed by atoms with van der Waals surface area (Å²) in [4.78, 5) is 0. The second-order valence-corrected chi connectivity index (χ2v) is 5.28. The van der Waals surface area contributed by atoms with Crippen LogP contribution < -0.4 is 4.74 Å². The molecule has 1 unspecified atom stereocenters. The number of allylic oxidation sites excluding steroid dienone is 1. The van der Waals surface area contributed by atoms with Gasteiger partial charge in [-0.1, -0.05) is 37.1 Å². The third-order valence-electron chi connectivity index (χ3n) is 3.38. The molecule has 98 valence electrons. The number of hydrogen-bond donors (Lipinski definition) is 0. The van der Waals surface area contributed by atoms with Crippen molar-refractivity contribution < 1.29 is 9.13 Å². The van der Waals surface area contributed by atoms with E-state index in [9.17, 15) is 4.39 Å². The molecule has 2 rings (SSSR count). The van der Waals surface area contributed by atoms with Gasteiger partial charge in [0.15, 0.2) is 5.67 Å². The van der Waals surface area contributed by atoms with Crippen LogP contribution in [0.25, 0.3) is 0 Å². The summed E-state index contributed by atoms with van der Waals surface area (Å²) < 4.78 is 19.7.